The minimum Gasteiger partial charge on any atom is -0.542 e. The van der Waals surface area contributed by atoms with Crippen LogP contribution in [-0.2, 0) is 25.0 Å². The minimum atomic E-state index is -5.19. The predicted molar refractivity (Wildman–Crippen MR) is 96.9 cm³/mol. The number of carboxylic acids is 1. The van der Waals surface area contributed by atoms with Crippen molar-refractivity contribution in [1.82, 2.24) is 15.1 Å². The topological polar surface area (TPSA) is 118 Å². The van der Waals surface area contributed by atoms with Crippen LogP contribution in [0.3, 0.4) is 0 Å². The number of carbonyl (C=O) groups excluding carboxylic acids is 1. The highest BCUT2D eigenvalue weighted by atomic mass is 31.2. The molecular weight excluding hydrogens is 428 g/mol. The maximum Gasteiger partial charge on any atom is 0.430 e. The van der Waals surface area contributed by atoms with Gasteiger partial charge in [0.1, 0.15) is 12.2 Å². The molecule has 0 amide bonds. The highest BCUT2D eigenvalue weighted by Gasteiger charge is 2.28. The van der Waals surface area contributed by atoms with E-state index in [-0.39, 0.29) is 0 Å². The first kappa shape index (κ1) is 25.6. The third-order valence-corrected chi connectivity index (χ3v) is 5.46. The predicted octanol–water partition coefficient (Wildman–Crippen LogP) is 1.78. The summed E-state index contributed by atoms with van der Waals surface area (Å²) >= 11 is 0. The maximum absolute atomic E-state index is 12.4. The van der Waals surface area contributed by atoms with Crippen LogP contribution in [0, 0.1) is 0 Å². The van der Waals surface area contributed by atoms with Gasteiger partial charge in [0.2, 0.25) is 0 Å². The summed E-state index contributed by atoms with van der Waals surface area (Å²) in [5.41, 5.74) is 0.858. The Labute approximate surface area is 171 Å². The van der Waals surface area contributed by atoms with Crippen LogP contribution in [0.1, 0.15) is 20.3 Å². The lowest BCUT2D eigenvalue weighted by atomic mass is 10.3. The molecule has 13 heteroatoms. The Balaban J connectivity index is 0.000000553. The van der Waals surface area contributed by atoms with Crippen molar-refractivity contribution < 1.29 is 41.4 Å². The molecule has 0 atom stereocenters. The van der Waals surface area contributed by atoms with Crippen molar-refractivity contribution in [3.63, 3.8) is 0 Å². The Bertz CT molecular complexity index is 812. The second kappa shape index (κ2) is 12.3. The standard InChI is InChI=1S/C15H22N4O3P.C2HF3O2/c1-3-21-23(20,22-4-2)12-6-10-19-11-7-14(13-18-19)15-16-8-5-9-17-15;3-2(4,5)1(6)7/h5,7-9,11,13H,3-4,6,10,12H2,1-2H3;(H,6,7)/q+1;/p-1. The molecule has 30 heavy (non-hydrogen) atoms. The van der Waals surface area contributed by atoms with Gasteiger partial charge in [-0.1, -0.05) is 4.68 Å². The van der Waals surface area contributed by atoms with E-state index in [1.807, 2.05) is 26.1 Å². The number of hydrogen-bond acceptors (Lipinski definition) is 8. The molecule has 2 rings (SSSR count). The van der Waals surface area contributed by atoms with Gasteiger partial charge < -0.3 is 18.9 Å². The van der Waals surface area contributed by atoms with Crippen LogP contribution in [0.2, 0.25) is 0 Å². The Hall–Kier alpha value is -2.43. The first-order chi connectivity index (χ1) is 14.1. The van der Waals surface area contributed by atoms with Gasteiger partial charge in [-0.3, -0.25) is 4.57 Å². The molecule has 2 heterocycles. The lowest BCUT2D eigenvalue weighted by Crippen LogP contribution is -2.37. The number of rotatable bonds is 9. The van der Waals surface area contributed by atoms with Gasteiger partial charge in [-0.05, 0) is 25.0 Å². The number of carboxylic acid groups (broad SMARTS) is 1. The third-order valence-electron chi connectivity index (χ3n) is 3.30. The van der Waals surface area contributed by atoms with Gasteiger partial charge in [0.15, 0.2) is 18.6 Å². The molecule has 0 saturated carbocycles. The van der Waals surface area contributed by atoms with Crippen LogP contribution in [-0.4, -0.2) is 46.6 Å². The summed E-state index contributed by atoms with van der Waals surface area (Å²) < 4.78 is 56.2. The fourth-order valence-electron chi connectivity index (χ4n) is 2.08. The molecule has 0 unspecified atom stereocenters. The average molecular weight is 450 g/mol. The van der Waals surface area contributed by atoms with Gasteiger partial charge in [0.05, 0.1) is 19.4 Å². The molecule has 0 radical (unpaired) electrons. The van der Waals surface area contributed by atoms with E-state index in [2.05, 4.69) is 15.1 Å². The highest BCUT2D eigenvalue weighted by molar-refractivity contribution is 7.53. The molecule has 0 saturated heterocycles. The SMILES string of the molecule is CCOP(=O)(CCC[n+]1ccc(-c2ncccn2)cn1)OCC.O=C([O-])C(F)(F)F. The van der Waals surface area contributed by atoms with Crippen molar-refractivity contribution in [1.29, 1.82) is 0 Å². The quantitative estimate of drug-likeness (QED) is 0.419. The number of nitrogens with zero attached hydrogens (tertiary/aromatic N) is 4. The normalized spacial score (nSPS) is 11.5. The van der Waals surface area contributed by atoms with Crippen LogP contribution in [0.5, 0.6) is 0 Å². The van der Waals surface area contributed by atoms with E-state index in [0.717, 1.165) is 5.56 Å². The average Bonchev–Trinajstić information content (AvgIpc) is 2.69. The van der Waals surface area contributed by atoms with Crippen LogP contribution in [0.4, 0.5) is 13.2 Å². The highest BCUT2D eigenvalue weighted by Crippen LogP contribution is 2.48. The lowest BCUT2D eigenvalue weighted by Gasteiger charge is -2.15. The van der Waals surface area contributed by atoms with Crippen LogP contribution in [0.25, 0.3) is 11.4 Å². The second-order valence-electron chi connectivity index (χ2n) is 5.56. The Kier molecular flexibility index (Phi) is 10.5. The van der Waals surface area contributed by atoms with Gasteiger partial charge in [-0.15, -0.1) is 0 Å². The molecule has 0 fully saturated rings. The smallest absolute Gasteiger partial charge is 0.430 e. The number of aromatic nitrogens is 4. The molecule has 0 N–H and O–H groups in total. The van der Waals surface area contributed by atoms with Gasteiger partial charge in [-0.25, -0.2) is 9.97 Å². The summed E-state index contributed by atoms with van der Waals surface area (Å²) in [6, 6.07) is 3.68. The first-order valence-electron chi connectivity index (χ1n) is 8.90. The molecule has 2 aromatic heterocycles. The number of hydrogen-bond donors (Lipinski definition) is 0. The van der Waals surface area contributed by atoms with Gasteiger partial charge in [0, 0.05) is 30.4 Å². The first-order valence-corrected chi connectivity index (χ1v) is 10.6. The van der Waals surface area contributed by atoms with E-state index in [1.54, 1.807) is 29.3 Å². The Morgan fingerprint density at radius 3 is 2.20 bits per heavy atom. The molecule has 2 aromatic rings. The molecule has 0 aromatic carbocycles. The monoisotopic (exact) mass is 450 g/mol. The third kappa shape index (κ3) is 9.38. The van der Waals surface area contributed by atoms with E-state index >= 15 is 0 Å². The second-order valence-corrected chi connectivity index (χ2v) is 7.75. The van der Waals surface area contributed by atoms with E-state index in [0.29, 0.717) is 38.2 Å². The number of halogens is 3. The van der Waals surface area contributed by atoms with Crippen LogP contribution < -0.4 is 9.79 Å². The largest absolute Gasteiger partial charge is 0.542 e. The summed E-state index contributed by atoms with van der Waals surface area (Å²) in [6.07, 6.45) is 2.83. The minimum absolute atomic E-state index is 0.382. The Morgan fingerprint density at radius 1 is 1.20 bits per heavy atom. The Morgan fingerprint density at radius 2 is 1.77 bits per heavy atom. The zero-order valence-corrected chi connectivity index (χ0v) is 17.3. The summed E-state index contributed by atoms with van der Waals surface area (Å²) in [5, 5.41) is 13.1. The number of alkyl halides is 3. The molecular formula is C17H22F3N4O5P. The fourth-order valence-corrected chi connectivity index (χ4v) is 3.73. The van der Waals surface area contributed by atoms with Crippen LogP contribution in [0.15, 0.2) is 36.9 Å². The molecule has 9 nitrogen and oxygen atoms in total. The van der Waals surface area contributed by atoms with Crippen molar-refractivity contribution in [3.05, 3.63) is 36.9 Å². The maximum atomic E-state index is 12.4. The molecule has 0 spiro atoms. The van der Waals surface area contributed by atoms with E-state index in [4.69, 9.17) is 18.9 Å². The van der Waals surface area contributed by atoms with E-state index in [1.165, 1.54) is 0 Å². The summed E-state index contributed by atoms with van der Waals surface area (Å²) in [7, 11) is -2.97. The van der Waals surface area contributed by atoms with Crippen molar-refractivity contribution >= 4 is 13.6 Å². The van der Waals surface area contributed by atoms with Crippen molar-refractivity contribution in [2.45, 2.75) is 33.0 Å². The van der Waals surface area contributed by atoms with Crippen LogP contribution >= 0.6 is 7.60 Å². The van der Waals surface area contributed by atoms with E-state index < -0.39 is 19.7 Å². The summed E-state index contributed by atoms with van der Waals surface area (Å²) in [6.45, 7) is 5.03. The van der Waals surface area contributed by atoms with Crippen molar-refractivity contribution in [2.24, 2.45) is 0 Å². The molecule has 0 aliphatic heterocycles. The number of aliphatic carboxylic acids is 1. The lowest BCUT2D eigenvalue weighted by molar-refractivity contribution is -0.753. The zero-order valence-electron chi connectivity index (χ0n) is 16.4. The summed E-state index contributed by atoms with van der Waals surface area (Å²) in [5.74, 6) is -2.36. The molecule has 0 bridgehead atoms. The molecule has 0 aliphatic carbocycles. The zero-order chi connectivity index (χ0) is 22.6. The number of carbonyl (C=O) groups is 1. The van der Waals surface area contributed by atoms with E-state index in [9.17, 15) is 17.7 Å². The van der Waals surface area contributed by atoms with Gasteiger partial charge in [0.25, 0.3) is 0 Å². The van der Waals surface area contributed by atoms with Crippen molar-refractivity contribution in [3.8, 4) is 11.4 Å². The molecule has 166 valence electrons. The fraction of sp³-hybridized carbons (Fsp3) is 0.471. The summed E-state index contributed by atoms with van der Waals surface area (Å²) in [4.78, 5) is 17.2. The molecule has 0 aliphatic rings. The van der Waals surface area contributed by atoms with Gasteiger partial charge >= 0.3 is 13.8 Å². The van der Waals surface area contributed by atoms with Gasteiger partial charge in [-0.2, -0.15) is 13.2 Å². The van der Waals surface area contributed by atoms with Crippen molar-refractivity contribution in [2.75, 3.05) is 19.4 Å². The number of aryl methyl sites for hydroxylation is 1.